The van der Waals surface area contributed by atoms with E-state index in [1.807, 2.05) is 55.5 Å². The van der Waals surface area contributed by atoms with Crippen LogP contribution in [0.15, 0.2) is 53.0 Å². The van der Waals surface area contributed by atoms with Crippen molar-refractivity contribution in [2.24, 2.45) is 5.73 Å². The lowest BCUT2D eigenvalue weighted by Crippen LogP contribution is -2.10. The summed E-state index contributed by atoms with van der Waals surface area (Å²) in [6.07, 6.45) is 0. The molecule has 2 aromatic rings. The van der Waals surface area contributed by atoms with E-state index in [0.29, 0.717) is 13.2 Å². The molecule has 0 amide bonds. The second-order valence-electron chi connectivity index (χ2n) is 4.49. The summed E-state index contributed by atoms with van der Waals surface area (Å²) in [4.78, 5) is 0. The second-order valence-corrected chi connectivity index (χ2v) is 5.34. The van der Waals surface area contributed by atoms with E-state index in [-0.39, 0.29) is 6.04 Å². The number of ether oxygens (including phenoxy) is 2. The standard InChI is InChI=1S/C16H18BrNO2/c1-12(18)13-7-8-16(15(17)11-13)20-10-9-19-14-5-3-2-4-6-14/h2-8,11-12H,9-10,18H2,1H3. The van der Waals surface area contributed by atoms with Crippen LogP contribution in [-0.2, 0) is 0 Å². The fraction of sp³-hybridized carbons (Fsp3) is 0.250. The normalized spacial score (nSPS) is 11.9. The number of nitrogens with two attached hydrogens (primary N) is 1. The molecule has 0 saturated heterocycles. The Hall–Kier alpha value is -1.52. The van der Waals surface area contributed by atoms with Gasteiger partial charge >= 0.3 is 0 Å². The van der Waals surface area contributed by atoms with Gasteiger partial charge in [0.15, 0.2) is 0 Å². The Morgan fingerprint density at radius 3 is 2.40 bits per heavy atom. The first kappa shape index (κ1) is 14.9. The lowest BCUT2D eigenvalue weighted by molar-refractivity contribution is 0.216. The molecule has 4 heteroatoms. The minimum absolute atomic E-state index is 0.0155. The molecule has 1 atom stereocenters. The van der Waals surface area contributed by atoms with Crippen molar-refractivity contribution in [2.45, 2.75) is 13.0 Å². The topological polar surface area (TPSA) is 44.5 Å². The maximum Gasteiger partial charge on any atom is 0.133 e. The summed E-state index contributed by atoms with van der Waals surface area (Å²) in [7, 11) is 0. The van der Waals surface area contributed by atoms with Gasteiger partial charge in [-0.15, -0.1) is 0 Å². The highest BCUT2D eigenvalue weighted by Gasteiger charge is 2.05. The van der Waals surface area contributed by atoms with Crippen molar-refractivity contribution in [1.29, 1.82) is 0 Å². The smallest absolute Gasteiger partial charge is 0.133 e. The molecule has 3 nitrogen and oxygen atoms in total. The molecular formula is C16H18BrNO2. The van der Waals surface area contributed by atoms with Crippen molar-refractivity contribution < 1.29 is 9.47 Å². The molecule has 0 saturated carbocycles. The largest absolute Gasteiger partial charge is 0.490 e. The number of benzene rings is 2. The molecule has 0 radical (unpaired) electrons. The Morgan fingerprint density at radius 1 is 1.05 bits per heavy atom. The van der Waals surface area contributed by atoms with Crippen LogP contribution in [0.1, 0.15) is 18.5 Å². The molecule has 106 valence electrons. The highest BCUT2D eigenvalue weighted by Crippen LogP contribution is 2.27. The molecule has 20 heavy (non-hydrogen) atoms. The van der Waals surface area contributed by atoms with Crippen LogP contribution in [-0.4, -0.2) is 13.2 Å². The predicted octanol–water partition coefficient (Wildman–Crippen LogP) is 3.93. The number of hydrogen-bond acceptors (Lipinski definition) is 3. The van der Waals surface area contributed by atoms with Crippen LogP contribution in [0, 0.1) is 0 Å². The molecule has 0 aromatic heterocycles. The third kappa shape index (κ3) is 4.25. The first-order chi connectivity index (χ1) is 9.66. The third-order valence-corrected chi connectivity index (χ3v) is 3.45. The van der Waals surface area contributed by atoms with E-state index in [1.165, 1.54) is 0 Å². The van der Waals surface area contributed by atoms with E-state index in [0.717, 1.165) is 21.5 Å². The summed E-state index contributed by atoms with van der Waals surface area (Å²) in [5, 5.41) is 0. The maximum atomic E-state index is 5.84. The van der Waals surface area contributed by atoms with Crippen molar-refractivity contribution in [3.8, 4) is 11.5 Å². The summed E-state index contributed by atoms with van der Waals surface area (Å²) in [5.41, 5.74) is 6.91. The fourth-order valence-corrected chi connectivity index (χ4v) is 2.26. The Bertz CT molecular complexity index is 543. The molecule has 0 bridgehead atoms. The van der Waals surface area contributed by atoms with Gasteiger partial charge in [-0.2, -0.15) is 0 Å². The van der Waals surface area contributed by atoms with Gasteiger partial charge in [0, 0.05) is 6.04 Å². The van der Waals surface area contributed by atoms with Crippen LogP contribution < -0.4 is 15.2 Å². The number of rotatable bonds is 6. The van der Waals surface area contributed by atoms with Gasteiger partial charge in [-0.1, -0.05) is 24.3 Å². The third-order valence-electron chi connectivity index (χ3n) is 2.83. The Kier molecular flexibility index (Phi) is 5.44. The number of para-hydroxylation sites is 1. The molecule has 0 fully saturated rings. The molecule has 0 spiro atoms. The minimum Gasteiger partial charge on any atom is -0.490 e. The van der Waals surface area contributed by atoms with Crippen molar-refractivity contribution >= 4 is 15.9 Å². The van der Waals surface area contributed by atoms with Gasteiger partial charge in [0.2, 0.25) is 0 Å². The SMILES string of the molecule is CC(N)c1ccc(OCCOc2ccccc2)c(Br)c1. The average molecular weight is 336 g/mol. The zero-order valence-corrected chi connectivity index (χ0v) is 13.0. The van der Waals surface area contributed by atoms with Gasteiger partial charge in [-0.3, -0.25) is 0 Å². The quantitative estimate of drug-likeness (QED) is 0.813. The Morgan fingerprint density at radius 2 is 1.75 bits per heavy atom. The predicted molar refractivity (Wildman–Crippen MR) is 84.2 cm³/mol. The lowest BCUT2D eigenvalue weighted by atomic mass is 10.1. The highest BCUT2D eigenvalue weighted by molar-refractivity contribution is 9.10. The van der Waals surface area contributed by atoms with Gasteiger partial charge in [-0.05, 0) is 52.7 Å². The van der Waals surface area contributed by atoms with E-state index in [9.17, 15) is 0 Å². The van der Waals surface area contributed by atoms with Gasteiger partial charge in [-0.25, -0.2) is 0 Å². The molecular weight excluding hydrogens is 318 g/mol. The van der Waals surface area contributed by atoms with Crippen molar-refractivity contribution in [3.63, 3.8) is 0 Å². The maximum absolute atomic E-state index is 5.84. The Labute approximate surface area is 127 Å². The molecule has 1 unspecified atom stereocenters. The minimum atomic E-state index is 0.0155. The monoisotopic (exact) mass is 335 g/mol. The van der Waals surface area contributed by atoms with E-state index < -0.39 is 0 Å². The summed E-state index contributed by atoms with van der Waals surface area (Å²) < 4.78 is 12.2. The van der Waals surface area contributed by atoms with Crippen LogP contribution in [0.4, 0.5) is 0 Å². The molecule has 2 aromatic carbocycles. The van der Waals surface area contributed by atoms with Gasteiger partial charge < -0.3 is 15.2 Å². The van der Waals surface area contributed by atoms with Crippen LogP contribution in [0.25, 0.3) is 0 Å². The van der Waals surface area contributed by atoms with E-state index >= 15 is 0 Å². The molecule has 0 aliphatic carbocycles. The van der Waals surface area contributed by atoms with Crippen molar-refractivity contribution in [1.82, 2.24) is 0 Å². The van der Waals surface area contributed by atoms with Gasteiger partial charge in [0.1, 0.15) is 24.7 Å². The first-order valence-corrected chi connectivity index (χ1v) is 7.32. The molecule has 0 aliphatic rings. The van der Waals surface area contributed by atoms with Crippen LogP contribution in [0.5, 0.6) is 11.5 Å². The Balaban J connectivity index is 1.82. The van der Waals surface area contributed by atoms with Crippen molar-refractivity contribution in [3.05, 3.63) is 58.6 Å². The highest BCUT2D eigenvalue weighted by atomic mass is 79.9. The molecule has 2 rings (SSSR count). The summed E-state index contributed by atoms with van der Waals surface area (Å²) in [6, 6.07) is 15.6. The van der Waals surface area contributed by atoms with Gasteiger partial charge in [0.25, 0.3) is 0 Å². The molecule has 0 heterocycles. The van der Waals surface area contributed by atoms with Crippen LogP contribution >= 0.6 is 15.9 Å². The van der Waals surface area contributed by atoms with E-state index in [2.05, 4.69) is 15.9 Å². The zero-order valence-electron chi connectivity index (χ0n) is 11.4. The van der Waals surface area contributed by atoms with Gasteiger partial charge in [0.05, 0.1) is 4.47 Å². The van der Waals surface area contributed by atoms with Crippen LogP contribution in [0.3, 0.4) is 0 Å². The van der Waals surface area contributed by atoms with Crippen LogP contribution in [0.2, 0.25) is 0 Å². The van der Waals surface area contributed by atoms with Crippen molar-refractivity contribution in [2.75, 3.05) is 13.2 Å². The number of halogens is 1. The first-order valence-electron chi connectivity index (χ1n) is 6.52. The summed E-state index contributed by atoms with van der Waals surface area (Å²) >= 11 is 3.49. The van der Waals surface area contributed by atoms with E-state index in [1.54, 1.807) is 0 Å². The molecule has 2 N–H and O–H groups in total. The number of hydrogen-bond donors (Lipinski definition) is 1. The zero-order chi connectivity index (χ0) is 14.4. The fourth-order valence-electron chi connectivity index (χ4n) is 1.75. The van der Waals surface area contributed by atoms with E-state index in [4.69, 9.17) is 15.2 Å². The molecule has 0 aliphatic heterocycles. The average Bonchev–Trinajstić information content (AvgIpc) is 2.46. The summed E-state index contributed by atoms with van der Waals surface area (Å²) in [5.74, 6) is 1.65. The lowest BCUT2D eigenvalue weighted by Gasteiger charge is -2.12. The second kappa shape index (κ2) is 7.31. The summed E-state index contributed by atoms with van der Waals surface area (Å²) in [6.45, 7) is 2.95.